The predicted octanol–water partition coefficient (Wildman–Crippen LogP) is 1.59. The van der Waals surface area contributed by atoms with Gasteiger partial charge in [0.2, 0.25) is 5.91 Å². The molecule has 1 aliphatic heterocycles. The van der Waals surface area contributed by atoms with Gasteiger partial charge in [-0.3, -0.25) is 14.7 Å². The highest BCUT2D eigenvalue weighted by molar-refractivity contribution is 7.09. The van der Waals surface area contributed by atoms with Crippen molar-refractivity contribution in [2.45, 2.75) is 25.8 Å². The molecule has 1 saturated carbocycles. The Kier molecular flexibility index (Phi) is 3.61. The molecule has 1 aromatic heterocycles. The van der Waals surface area contributed by atoms with E-state index in [0.29, 0.717) is 11.8 Å². The molecule has 0 N–H and O–H groups in total. The van der Waals surface area contributed by atoms with Gasteiger partial charge in [-0.2, -0.15) is 0 Å². The lowest BCUT2D eigenvalue weighted by Crippen LogP contribution is -2.35. The van der Waals surface area contributed by atoms with Crippen molar-refractivity contribution in [3.05, 3.63) is 16.6 Å². The zero-order valence-electron chi connectivity index (χ0n) is 10.5. The summed E-state index contributed by atoms with van der Waals surface area (Å²) in [6, 6.07) is 0. The Bertz CT molecular complexity index is 402. The van der Waals surface area contributed by atoms with Crippen LogP contribution in [0.2, 0.25) is 0 Å². The van der Waals surface area contributed by atoms with Crippen LogP contribution in [0.25, 0.3) is 0 Å². The molecule has 18 heavy (non-hydrogen) atoms. The Labute approximate surface area is 112 Å². The maximum atomic E-state index is 12.0. The molecule has 5 heteroatoms. The Hall–Kier alpha value is -0.940. The monoisotopic (exact) mass is 265 g/mol. The van der Waals surface area contributed by atoms with Crippen molar-refractivity contribution in [1.29, 1.82) is 0 Å². The van der Waals surface area contributed by atoms with E-state index in [1.807, 2.05) is 11.7 Å². The van der Waals surface area contributed by atoms with Gasteiger partial charge in [-0.15, -0.1) is 11.3 Å². The largest absolute Gasteiger partial charge is 0.341 e. The van der Waals surface area contributed by atoms with Crippen LogP contribution in [0.4, 0.5) is 0 Å². The van der Waals surface area contributed by atoms with Gasteiger partial charge in [-0.1, -0.05) is 0 Å². The van der Waals surface area contributed by atoms with E-state index in [0.717, 1.165) is 52.0 Å². The van der Waals surface area contributed by atoms with Gasteiger partial charge in [-0.05, 0) is 19.3 Å². The molecule has 1 amide bonds. The highest BCUT2D eigenvalue weighted by Crippen LogP contribution is 2.31. The average molecular weight is 265 g/mol. The van der Waals surface area contributed by atoms with Crippen molar-refractivity contribution >= 4 is 17.2 Å². The minimum absolute atomic E-state index is 0.359. The van der Waals surface area contributed by atoms with Crippen LogP contribution in [0.3, 0.4) is 0 Å². The third kappa shape index (κ3) is 2.90. The summed E-state index contributed by atoms with van der Waals surface area (Å²) in [6.45, 7) is 4.90. The Balaban J connectivity index is 1.53. The quantitative estimate of drug-likeness (QED) is 0.832. The fraction of sp³-hybridized carbons (Fsp3) is 0.692. The number of rotatable bonds is 3. The lowest BCUT2D eigenvalue weighted by molar-refractivity contribution is -0.132. The first-order valence-electron chi connectivity index (χ1n) is 6.71. The van der Waals surface area contributed by atoms with Crippen molar-refractivity contribution in [2.24, 2.45) is 5.92 Å². The first-order chi connectivity index (χ1) is 8.83. The van der Waals surface area contributed by atoms with Crippen LogP contribution >= 0.6 is 11.3 Å². The van der Waals surface area contributed by atoms with E-state index in [9.17, 15) is 4.79 Å². The molecule has 0 atom stereocenters. The number of nitrogens with zero attached hydrogens (tertiary/aromatic N) is 3. The summed E-state index contributed by atoms with van der Waals surface area (Å²) in [5.41, 5.74) is 1.88. The molecule has 98 valence electrons. The topological polar surface area (TPSA) is 36.4 Å². The number of amides is 1. The van der Waals surface area contributed by atoms with E-state index in [4.69, 9.17) is 0 Å². The number of hydrogen-bond donors (Lipinski definition) is 0. The Morgan fingerprint density at radius 2 is 2.22 bits per heavy atom. The molecular formula is C13H19N3OS. The lowest BCUT2D eigenvalue weighted by atomic mass is 10.3. The zero-order valence-corrected chi connectivity index (χ0v) is 11.4. The normalized spacial score (nSPS) is 21.9. The standard InChI is InChI=1S/C13H19N3OS/c17-13(11-2-3-11)16-5-1-4-15(6-7-16)9-12-8-14-10-18-12/h8,10-11H,1-7,9H2. The first kappa shape index (κ1) is 12.1. The molecule has 1 saturated heterocycles. The van der Waals surface area contributed by atoms with E-state index < -0.39 is 0 Å². The summed E-state index contributed by atoms with van der Waals surface area (Å²) in [5, 5.41) is 0. The molecule has 0 spiro atoms. The Morgan fingerprint density at radius 1 is 1.33 bits per heavy atom. The molecule has 0 bridgehead atoms. The average Bonchev–Trinajstić information content (AvgIpc) is 3.14. The smallest absolute Gasteiger partial charge is 0.225 e. The molecule has 4 nitrogen and oxygen atoms in total. The molecule has 1 aromatic rings. The highest BCUT2D eigenvalue weighted by atomic mass is 32.1. The van der Waals surface area contributed by atoms with Crippen LogP contribution < -0.4 is 0 Å². The number of aromatic nitrogens is 1. The third-order valence-corrected chi connectivity index (χ3v) is 4.45. The Morgan fingerprint density at radius 3 is 2.94 bits per heavy atom. The van der Waals surface area contributed by atoms with Gasteiger partial charge in [0.25, 0.3) is 0 Å². The van der Waals surface area contributed by atoms with Crippen molar-refractivity contribution < 1.29 is 4.79 Å². The zero-order chi connectivity index (χ0) is 12.4. The molecule has 0 aromatic carbocycles. The number of thiazole rings is 1. The van der Waals surface area contributed by atoms with Crippen LogP contribution in [0, 0.1) is 5.92 Å². The van der Waals surface area contributed by atoms with Gasteiger partial charge >= 0.3 is 0 Å². The number of hydrogen-bond acceptors (Lipinski definition) is 4. The summed E-state index contributed by atoms with van der Waals surface area (Å²) in [5.74, 6) is 0.757. The molecule has 0 radical (unpaired) electrons. The summed E-state index contributed by atoms with van der Waals surface area (Å²) in [6.07, 6.45) is 5.26. The molecule has 2 heterocycles. The van der Waals surface area contributed by atoms with E-state index in [1.165, 1.54) is 4.88 Å². The minimum atomic E-state index is 0.359. The maximum absolute atomic E-state index is 12.0. The van der Waals surface area contributed by atoms with Crippen molar-refractivity contribution in [3.8, 4) is 0 Å². The second-order valence-electron chi connectivity index (χ2n) is 5.20. The SMILES string of the molecule is O=C(C1CC1)N1CCCN(Cc2cncs2)CC1. The predicted molar refractivity (Wildman–Crippen MR) is 71.3 cm³/mol. The summed E-state index contributed by atoms with van der Waals surface area (Å²) in [4.78, 5) is 22.0. The minimum Gasteiger partial charge on any atom is -0.341 e. The molecule has 0 unspecified atom stereocenters. The van der Waals surface area contributed by atoms with Gasteiger partial charge in [0.1, 0.15) is 0 Å². The highest BCUT2D eigenvalue weighted by Gasteiger charge is 2.33. The van der Waals surface area contributed by atoms with Crippen LogP contribution in [0.15, 0.2) is 11.7 Å². The van der Waals surface area contributed by atoms with Gasteiger partial charge in [0, 0.05) is 49.7 Å². The van der Waals surface area contributed by atoms with Crippen LogP contribution in [-0.2, 0) is 11.3 Å². The molecule has 3 rings (SSSR count). The van der Waals surface area contributed by atoms with E-state index >= 15 is 0 Å². The second-order valence-corrected chi connectivity index (χ2v) is 6.17. The van der Waals surface area contributed by atoms with E-state index in [-0.39, 0.29) is 0 Å². The molecular weight excluding hydrogens is 246 g/mol. The van der Waals surface area contributed by atoms with Crippen LogP contribution in [0.1, 0.15) is 24.1 Å². The number of carbonyl (C=O) groups is 1. The number of carbonyl (C=O) groups excluding carboxylic acids is 1. The molecule has 2 fully saturated rings. The summed E-state index contributed by atoms with van der Waals surface area (Å²) in [7, 11) is 0. The first-order valence-corrected chi connectivity index (χ1v) is 7.59. The fourth-order valence-electron chi connectivity index (χ4n) is 2.48. The van der Waals surface area contributed by atoms with Crippen molar-refractivity contribution in [1.82, 2.24) is 14.8 Å². The molecule has 1 aliphatic carbocycles. The lowest BCUT2D eigenvalue weighted by Gasteiger charge is -2.21. The summed E-state index contributed by atoms with van der Waals surface area (Å²) < 4.78 is 0. The van der Waals surface area contributed by atoms with Gasteiger partial charge in [-0.25, -0.2) is 0 Å². The van der Waals surface area contributed by atoms with Crippen LogP contribution in [0.5, 0.6) is 0 Å². The van der Waals surface area contributed by atoms with Gasteiger partial charge in [0.05, 0.1) is 5.51 Å². The second kappa shape index (κ2) is 5.36. The van der Waals surface area contributed by atoms with Gasteiger partial charge < -0.3 is 4.90 Å². The van der Waals surface area contributed by atoms with Crippen molar-refractivity contribution in [2.75, 3.05) is 26.2 Å². The third-order valence-electron chi connectivity index (χ3n) is 3.69. The van der Waals surface area contributed by atoms with Crippen LogP contribution in [-0.4, -0.2) is 46.9 Å². The van der Waals surface area contributed by atoms with Crippen molar-refractivity contribution in [3.63, 3.8) is 0 Å². The van der Waals surface area contributed by atoms with Gasteiger partial charge in [0.15, 0.2) is 0 Å². The van der Waals surface area contributed by atoms with E-state index in [1.54, 1.807) is 11.3 Å². The maximum Gasteiger partial charge on any atom is 0.225 e. The fourth-order valence-corrected chi connectivity index (χ4v) is 3.11. The summed E-state index contributed by atoms with van der Waals surface area (Å²) >= 11 is 1.71. The molecule has 2 aliphatic rings. The van der Waals surface area contributed by atoms with E-state index in [2.05, 4.69) is 14.8 Å².